The van der Waals surface area contributed by atoms with Crippen molar-refractivity contribution in [3.05, 3.63) is 35.4 Å². The van der Waals surface area contributed by atoms with Crippen LogP contribution in [-0.4, -0.2) is 35.1 Å². The molecule has 0 bridgehead atoms. The molecule has 0 aliphatic heterocycles. The van der Waals surface area contributed by atoms with Crippen LogP contribution in [0.5, 0.6) is 0 Å². The SMILES string of the molecule is O=C(O)C[C@@H]1CC[C@@H](N(CCC2CCCCC2)CCC2CCCCC2)[C@H](c2ccc(C3CCCC3)cc2)C1. The van der Waals surface area contributed by atoms with E-state index >= 15 is 0 Å². The molecule has 0 saturated heterocycles. The topological polar surface area (TPSA) is 40.5 Å². The van der Waals surface area contributed by atoms with Gasteiger partial charge in [-0.1, -0.05) is 101 Å². The molecule has 4 aliphatic rings. The summed E-state index contributed by atoms with van der Waals surface area (Å²) in [5.41, 5.74) is 3.01. The minimum atomic E-state index is -0.616. The molecule has 4 aliphatic carbocycles. The smallest absolute Gasteiger partial charge is 0.303 e. The maximum Gasteiger partial charge on any atom is 0.303 e. The molecule has 0 unspecified atom stereocenters. The minimum absolute atomic E-state index is 0.321. The number of hydrogen-bond donors (Lipinski definition) is 1. The molecule has 1 aromatic carbocycles. The van der Waals surface area contributed by atoms with Crippen LogP contribution in [0.4, 0.5) is 0 Å². The van der Waals surface area contributed by atoms with Crippen molar-refractivity contribution >= 4 is 5.97 Å². The van der Waals surface area contributed by atoms with Crippen LogP contribution in [0, 0.1) is 17.8 Å². The van der Waals surface area contributed by atoms with Crippen molar-refractivity contribution in [2.75, 3.05) is 13.1 Å². The van der Waals surface area contributed by atoms with Gasteiger partial charge >= 0.3 is 5.97 Å². The van der Waals surface area contributed by atoms with Crippen molar-refractivity contribution in [2.45, 2.75) is 146 Å². The van der Waals surface area contributed by atoms with Crippen LogP contribution in [0.1, 0.15) is 151 Å². The Morgan fingerprint density at radius 2 is 1.18 bits per heavy atom. The lowest BCUT2D eigenvalue weighted by Gasteiger charge is -2.44. The molecule has 3 nitrogen and oxygen atoms in total. The van der Waals surface area contributed by atoms with Gasteiger partial charge in [-0.3, -0.25) is 9.69 Å². The molecule has 0 radical (unpaired) electrons. The van der Waals surface area contributed by atoms with E-state index in [2.05, 4.69) is 29.2 Å². The molecule has 5 rings (SSSR count). The highest BCUT2D eigenvalue weighted by Crippen LogP contribution is 2.42. The molecule has 0 heterocycles. The van der Waals surface area contributed by atoms with E-state index in [-0.39, 0.29) is 0 Å². The Bertz CT molecular complexity index is 810. The number of hydrogen-bond acceptors (Lipinski definition) is 2. The van der Waals surface area contributed by atoms with Gasteiger partial charge in [0.2, 0.25) is 0 Å². The lowest BCUT2D eigenvalue weighted by atomic mass is 9.72. The summed E-state index contributed by atoms with van der Waals surface area (Å²) < 4.78 is 0. The molecule has 1 aromatic rings. The van der Waals surface area contributed by atoms with Crippen LogP contribution < -0.4 is 0 Å². The first kappa shape index (κ1) is 28.2. The Balaban J connectivity index is 1.32. The standard InChI is InChI=1S/C35H55NO2/c37-35(38)26-29-15-20-34(33(25-29)32-18-16-31(17-19-32)30-13-7-8-14-30)36(23-21-27-9-3-1-4-10-27)24-22-28-11-5-2-6-12-28/h16-19,27-30,33-34H,1-15,20-26H2,(H,37,38)/t29-,33+,34-/m1/s1. The maximum absolute atomic E-state index is 11.7. The van der Waals surface area contributed by atoms with Gasteiger partial charge in [0, 0.05) is 12.5 Å². The number of aliphatic carboxylic acids is 1. The Hall–Kier alpha value is -1.35. The zero-order valence-electron chi connectivity index (χ0n) is 24.1. The van der Waals surface area contributed by atoms with Crippen molar-refractivity contribution in [3.8, 4) is 0 Å². The summed E-state index contributed by atoms with van der Waals surface area (Å²) in [4.78, 5) is 14.6. The predicted molar refractivity (Wildman–Crippen MR) is 158 cm³/mol. The van der Waals surface area contributed by atoms with Gasteiger partial charge < -0.3 is 5.11 Å². The highest BCUT2D eigenvalue weighted by atomic mass is 16.4. The molecule has 38 heavy (non-hydrogen) atoms. The van der Waals surface area contributed by atoms with Crippen molar-refractivity contribution in [2.24, 2.45) is 17.8 Å². The van der Waals surface area contributed by atoms with E-state index in [0.29, 0.717) is 24.3 Å². The van der Waals surface area contributed by atoms with E-state index in [0.717, 1.165) is 30.6 Å². The number of rotatable bonds is 11. The molecular formula is C35H55NO2. The number of carbonyl (C=O) groups is 1. The van der Waals surface area contributed by atoms with Crippen molar-refractivity contribution in [1.29, 1.82) is 0 Å². The fourth-order valence-corrected chi connectivity index (χ4v) is 8.84. The lowest BCUT2D eigenvalue weighted by Crippen LogP contribution is -2.45. The first-order chi connectivity index (χ1) is 18.7. The van der Waals surface area contributed by atoms with E-state index in [1.807, 2.05) is 0 Å². The Morgan fingerprint density at radius 1 is 0.658 bits per heavy atom. The van der Waals surface area contributed by atoms with Crippen LogP contribution in [0.25, 0.3) is 0 Å². The molecule has 0 spiro atoms. The van der Waals surface area contributed by atoms with E-state index in [4.69, 9.17) is 0 Å². The highest BCUT2D eigenvalue weighted by Gasteiger charge is 2.36. The number of carboxylic acids is 1. The number of nitrogens with zero attached hydrogens (tertiary/aromatic N) is 1. The zero-order chi connectivity index (χ0) is 26.2. The summed E-state index contributed by atoms with van der Waals surface area (Å²) in [5, 5.41) is 9.60. The Kier molecular flexibility index (Phi) is 10.6. The van der Waals surface area contributed by atoms with E-state index < -0.39 is 5.97 Å². The van der Waals surface area contributed by atoms with Crippen molar-refractivity contribution < 1.29 is 9.90 Å². The van der Waals surface area contributed by atoms with Crippen LogP contribution >= 0.6 is 0 Å². The van der Waals surface area contributed by atoms with Gasteiger partial charge in [0.15, 0.2) is 0 Å². The van der Waals surface area contributed by atoms with Gasteiger partial charge in [-0.05, 0) is 98.8 Å². The first-order valence-corrected chi connectivity index (χ1v) is 16.7. The normalized spacial score (nSPS) is 28.2. The van der Waals surface area contributed by atoms with E-state index in [1.54, 1.807) is 0 Å². The largest absolute Gasteiger partial charge is 0.481 e. The molecule has 0 amide bonds. The maximum atomic E-state index is 11.7. The van der Waals surface area contributed by atoms with Gasteiger partial charge in [0.1, 0.15) is 0 Å². The summed E-state index contributed by atoms with van der Waals surface area (Å²) in [5.74, 6) is 2.79. The summed E-state index contributed by atoms with van der Waals surface area (Å²) in [6, 6.07) is 10.3. The quantitative estimate of drug-likeness (QED) is 0.315. The Morgan fingerprint density at radius 3 is 1.74 bits per heavy atom. The molecule has 3 atom stereocenters. The van der Waals surface area contributed by atoms with Crippen LogP contribution in [0.3, 0.4) is 0 Å². The van der Waals surface area contributed by atoms with Crippen LogP contribution in [0.15, 0.2) is 24.3 Å². The van der Waals surface area contributed by atoms with Crippen molar-refractivity contribution in [1.82, 2.24) is 4.90 Å². The summed E-state index contributed by atoms with van der Waals surface area (Å²) in [6.45, 7) is 2.50. The lowest BCUT2D eigenvalue weighted by molar-refractivity contribution is -0.138. The van der Waals surface area contributed by atoms with Gasteiger partial charge in [0.25, 0.3) is 0 Å². The molecule has 212 valence electrons. The van der Waals surface area contributed by atoms with Gasteiger partial charge in [-0.15, -0.1) is 0 Å². The molecule has 3 heteroatoms. The summed E-state index contributed by atoms with van der Waals surface area (Å²) in [7, 11) is 0. The highest BCUT2D eigenvalue weighted by molar-refractivity contribution is 5.67. The predicted octanol–water partition coefficient (Wildman–Crippen LogP) is 9.31. The third-order valence-corrected chi connectivity index (χ3v) is 11.1. The molecule has 4 saturated carbocycles. The number of carboxylic acid groups (broad SMARTS) is 1. The molecule has 1 N–H and O–H groups in total. The molecule has 0 aromatic heterocycles. The summed E-state index contributed by atoms with van der Waals surface area (Å²) in [6.07, 6.45) is 26.2. The zero-order valence-corrected chi connectivity index (χ0v) is 24.1. The second kappa shape index (κ2) is 14.3. The van der Waals surface area contributed by atoms with Crippen molar-refractivity contribution in [3.63, 3.8) is 0 Å². The molecule has 4 fully saturated rings. The van der Waals surface area contributed by atoms with E-state index in [1.165, 1.54) is 133 Å². The number of benzene rings is 1. The monoisotopic (exact) mass is 521 g/mol. The van der Waals surface area contributed by atoms with Gasteiger partial charge in [0.05, 0.1) is 0 Å². The Labute approximate surface area is 233 Å². The van der Waals surface area contributed by atoms with Gasteiger partial charge in [-0.25, -0.2) is 0 Å². The van der Waals surface area contributed by atoms with Crippen LogP contribution in [0.2, 0.25) is 0 Å². The van der Waals surface area contributed by atoms with E-state index in [9.17, 15) is 9.90 Å². The van der Waals surface area contributed by atoms with Gasteiger partial charge in [-0.2, -0.15) is 0 Å². The average molecular weight is 522 g/mol. The average Bonchev–Trinajstić information content (AvgIpc) is 3.50. The third kappa shape index (κ3) is 7.86. The minimum Gasteiger partial charge on any atom is -0.481 e. The second-order valence-electron chi connectivity index (χ2n) is 13.7. The third-order valence-electron chi connectivity index (χ3n) is 11.1. The van der Waals surface area contributed by atoms with Crippen LogP contribution in [-0.2, 0) is 4.79 Å². The fraction of sp³-hybridized carbons (Fsp3) is 0.800. The second-order valence-corrected chi connectivity index (χ2v) is 13.7. The first-order valence-electron chi connectivity index (χ1n) is 16.7. The fourth-order valence-electron chi connectivity index (χ4n) is 8.84. The summed E-state index contributed by atoms with van der Waals surface area (Å²) >= 11 is 0. The molecular weight excluding hydrogens is 466 g/mol.